The summed E-state index contributed by atoms with van der Waals surface area (Å²) in [5, 5.41) is 23.8. The van der Waals surface area contributed by atoms with Crippen LogP contribution < -0.4 is 80.4 Å². The van der Waals surface area contributed by atoms with E-state index < -0.39 is 23.7 Å². The van der Waals surface area contributed by atoms with Crippen LogP contribution in [0.2, 0.25) is 0 Å². The van der Waals surface area contributed by atoms with Crippen LogP contribution in [0.1, 0.15) is 228 Å². The van der Waals surface area contributed by atoms with Gasteiger partial charge < -0.3 is 80.4 Å². The molecule has 13 rings (SSSR count). The Balaban J connectivity index is 1.22. The fourth-order valence-corrected chi connectivity index (χ4v) is 14.3. The number of ether oxygens (including phenoxy) is 8. The zero-order valence-electron chi connectivity index (χ0n) is 62.6. The van der Waals surface area contributed by atoms with E-state index in [0.29, 0.717) is 116 Å². The number of fused-ring (bicyclic) bond motifs is 4. The smallest absolute Gasteiger partial charge is 0.224 e. The van der Waals surface area contributed by atoms with Crippen LogP contribution in [0.25, 0.3) is 0 Å². The summed E-state index contributed by atoms with van der Waals surface area (Å²) < 4.78 is 59.0. The standard InChI is InChI=1S/C84H88N8O16/c1-13-41-45-25-47-42(14-2)49-27-51-44(16-4)52-28-50-43(15-3)48-26-46(41)62-38-64(48)104-72-32-56(88-80(96)20-8)58(90-82(98)22-10)34-74(72)106-66(50)40-68(52)108-76-36-60(92-84(100)24-12)59(91-83(99)23-11)35-75(76)107-67(51)39-65(49)105-73-33-57(89-81(97)21-9)55(87-79(95)19-7)31-71(73)103-63(47)37-61(45)101-69-29-53(85-77(93)17-5)54(30-70(69)102-62)86-78(94)18-6/h25-44H,13-24H2,1-12H3,(H,85,93)(H,86,94)(H,87,95)(H,88,96)(H,89,97)(H,90,98)(H,91,99)(H,92,100). The normalized spacial score (nSPS) is 15.4. The van der Waals surface area contributed by atoms with Gasteiger partial charge in [-0.15, -0.1) is 0 Å². The topological polar surface area (TPSA) is 307 Å². The van der Waals surface area contributed by atoms with Gasteiger partial charge in [-0.05, 0) is 49.9 Å². The number of carbonyl (C=O) groups excluding carboxylic acids is 8. The van der Waals surface area contributed by atoms with Crippen LogP contribution in [0.15, 0.2) is 97.1 Å². The molecule has 0 unspecified atom stereocenters. The molecule has 560 valence electrons. The van der Waals surface area contributed by atoms with Crippen LogP contribution >= 0.6 is 0 Å². The molecule has 8 aromatic rings. The lowest BCUT2D eigenvalue weighted by Gasteiger charge is -2.29. The molecule has 0 atom stereocenters. The monoisotopic (exact) mass is 1460 g/mol. The number of benzene rings is 8. The van der Waals surface area contributed by atoms with Gasteiger partial charge in [0, 0.05) is 192 Å². The van der Waals surface area contributed by atoms with Crippen molar-refractivity contribution in [2.24, 2.45) is 0 Å². The molecule has 4 aliphatic heterocycles. The molecule has 8 bridgehead atoms. The highest BCUT2D eigenvalue weighted by molar-refractivity contribution is 6.04. The summed E-state index contributed by atoms with van der Waals surface area (Å²) in [7, 11) is 0. The molecular weight excluding hydrogens is 1380 g/mol. The van der Waals surface area contributed by atoms with E-state index in [9.17, 15) is 38.4 Å². The second kappa shape index (κ2) is 31.2. The van der Waals surface area contributed by atoms with Crippen molar-refractivity contribution in [2.75, 3.05) is 42.5 Å². The van der Waals surface area contributed by atoms with Gasteiger partial charge in [0.1, 0.15) is 46.0 Å². The number of anilines is 8. The lowest BCUT2D eigenvalue weighted by molar-refractivity contribution is -0.116. The molecule has 24 heteroatoms. The van der Waals surface area contributed by atoms with Gasteiger partial charge in [0.2, 0.25) is 47.3 Å². The molecule has 8 aromatic carbocycles. The Hall–Kier alpha value is -12.1. The zero-order valence-corrected chi connectivity index (χ0v) is 62.6. The quantitative estimate of drug-likeness (QED) is 0.0352. The number of nitrogens with one attached hydrogen (secondary N) is 8. The van der Waals surface area contributed by atoms with Gasteiger partial charge in [-0.1, -0.05) is 83.1 Å². The van der Waals surface area contributed by atoms with Gasteiger partial charge in [-0.2, -0.15) is 0 Å². The van der Waals surface area contributed by atoms with Gasteiger partial charge in [0.25, 0.3) is 0 Å². The zero-order chi connectivity index (χ0) is 76.5. The van der Waals surface area contributed by atoms with Gasteiger partial charge in [0.05, 0.1) is 45.5 Å². The number of hydrogen-bond donors (Lipinski definition) is 8. The highest BCUT2D eigenvalue weighted by Gasteiger charge is 2.39. The van der Waals surface area contributed by atoms with Crippen molar-refractivity contribution in [3.05, 3.63) is 142 Å². The molecule has 0 aromatic heterocycles. The van der Waals surface area contributed by atoms with E-state index in [0.717, 1.165) is 0 Å². The average molecular weight is 1470 g/mol. The third-order valence-corrected chi connectivity index (χ3v) is 20.1. The Labute approximate surface area is 626 Å². The van der Waals surface area contributed by atoms with E-state index in [1.165, 1.54) is 0 Å². The molecule has 0 fully saturated rings. The van der Waals surface area contributed by atoms with Crippen LogP contribution in [-0.4, -0.2) is 47.3 Å². The van der Waals surface area contributed by atoms with Crippen molar-refractivity contribution < 1.29 is 76.3 Å². The van der Waals surface area contributed by atoms with Crippen molar-refractivity contribution in [1.29, 1.82) is 0 Å². The third-order valence-electron chi connectivity index (χ3n) is 20.1. The van der Waals surface area contributed by atoms with Gasteiger partial charge in [-0.25, -0.2) is 0 Å². The minimum atomic E-state index is -0.595. The minimum absolute atomic E-state index is 0.0995. The van der Waals surface area contributed by atoms with Crippen LogP contribution in [0, 0.1) is 0 Å². The molecular formula is C84H88N8O16. The maximum absolute atomic E-state index is 13.6. The molecule has 5 aliphatic rings. The molecule has 0 radical (unpaired) electrons. The fraction of sp³-hybridized carbons (Fsp3) is 0.333. The second-order valence-electron chi connectivity index (χ2n) is 27.0. The summed E-state index contributed by atoms with van der Waals surface area (Å²) >= 11 is 0. The van der Waals surface area contributed by atoms with Gasteiger partial charge in [-0.3, -0.25) is 38.4 Å². The summed E-state index contributed by atoms with van der Waals surface area (Å²) in [6, 6.07) is 28.5. The first-order valence-electron chi connectivity index (χ1n) is 37.4. The summed E-state index contributed by atoms with van der Waals surface area (Å²) in [5.41, 5.74) is 7.24. The predicted octanol–water partition coefficient (Wildman–Crippen LogP) is 20.5. The Morgan fingerprint density at radius 3 is 0.417 bits per heavy atom. The summed E-state index contributed by atoms with van der Waals surface area (Å²) in [5.74, 6) is -1.71. The van der Waals surface area contributed by atoms with Gasteiger partial charge in [0.15, 0.2) is 46.0 Å². The Kier molecular flexibility index (Phi) is 21.4. The molecule has 0 saturated carbocycles. The van der Waals surface area contributed by atoms with Crippen LogP contribution in [0.5, 0.6) is 92.0 Å². The van der Waals surface area contributed by atoms with Crippen LogP contribution in [-0.2, 0) is 38.4 Å². The molecule has 0 saturated heterocycles. The van der Waals surface area contributed by atoms with E-state index >= 15 is 0 Å². The molecule has 8 amide bonds. The first kappa shape index (κ1) is 74.2. The van der Waals surface area contributed by atoms with E-state index in [-0.39, 0.29) is 190 Å². The lowest BCUT2D eigenvalue weighted by atomic mass is 9.77. The van der Waals surface area contributed by atoms with Crippen molar-refractivity contribution in [1.82, 2.24) is 0 Å². The number of amides is 8. The summed E-state index contributed by atoms with van der Waals surface area (Å²) in [4.78, 5) is 109. The molecule has 24 nitrogen and oxygen atoms in total. The Morgan fingerprint density at radius 1 is 0.194 bits per heavy atom. The van der Waals surface area contributed by atoms with Crippen LogP contribution in [0.4, 0.5) is 45.5 Å². The van der Waals surface area contributed by atoms with Crippen LogP contribution in [0.3, 0.4) is 0 Å². The highest BCUT2D eigenvalue weighted by atomic mass is 16.5. The van der Waals surface area contributed by atoms with Gasteiger partial charge >= 0.3 is 0 Å². The first-order chi connectivity index (χ1) is 52.1. The van der Waals surface area contributed by atoms with Crippen molar-refractivity contribution in [3.8, 4) is 92.0 Å². The third kappa shape index (κ3) is 14.6. The average Bonchev–Trinajstić information content (AvgIpc) is 1.64. The van der Waals surface area contributed by atoms with Crippen molar-refractivity contribution in [3.63, 3.8) is 0 Å². The fourth-order valence-electron chi connectivity index (χ4n) is 14.3. The predicted molar refractivity (Wildman–Crippen MR) is 412 cm³/mol. The lowest BCUT2D eigenvalue weighted by Crippen LogP contribution is -2.15. The molecule has 4 heterocycles. The Bertz CT molecular complexity index is 4150. The van der Waals surface area contributed by atoms with E-state index in [2.05, 4.69) is 94.5 Å². The van der Waals surface area contributed by atoms with E-state index in [4.69, 9.17) is 37.9 Å². The maximum Gasteiger partial charge on any atom is 0.224 e. The minimum Gasteiger partial charge on any atom is -0.453 e. The van der Waals surface area contributed by atoms with Crippen molar-refractivity contribution >= 4 is 92.8 Å². The number of carbonyl (C=O) groups is 8. The SMILES string of the molecule is CCC(=O)Nc1cc2c(cc1NC(=O)CC)Oc1cc3c4cc1C(CC)c1cc5c(cc1O2)Oc1cc(NC(=O)CC)c(NC(=O)CC)cc1Oc1cc2c(cc1C5CC)C(CC)c1cc(c(cc1Oc1cc(NC(=O)CC)c(NC(=O)CC)cc1O2)Oc1cc(NC(=O)CC)c(NC(=O)CC)cc1O3)C4CC. The molecule has 1 aliphatic carbocycles. The second-order valence-corrected chi connectivity index (χ2v) is 27.0. The molecule has 0 spiro atoms. The molecule has 108 heavy (non-hydrogen) atoms. The van der Waals surface area contributed by atoms with E-state index in [1.807, 2.05) is 24.3 Å². The highest BCUT2D eigenvalue weighted by Crippen LogP contribution is 2.61. The summed E-state index contributed by atoms with van der Waals surface area (Å²) in [6.07, 6.45) is 2.51. The Morgan fingerprint density at radius 2 is 0.315 bits per heavy atom. The number of rotatable bonds is 20. The first-order valence-corrected chi connectivity index (χ1v) is 37.4. The van der Waals surface area contributed by atoms with E-state index in [1.54, 1.807) is 104 Å². The largest absolute Gasteiger partial charge is 0.453 e. The van der Waals surface area contributed by atoms with Crippen molar-refractivity contribution in [2.45, 2.75) is 184 Å². The molecule has 8 N–H and O–H groups in total. The number of hydrogen-bond acceptors (Lipinski definition) is 16. The summed E-state index contributed by atoms with van der Waals surface area (Å²) in [6.45, 7) is 22.0. The maximum atomic E-state index is 13.6.